The lowest BCUT2D eigenvalue weighted by Crippen LogP contribution is -2.44. The van der Waals surface area contributed by atoms with E-state index in [1.807, 2.05) is 36.5 Å². The van der Waals surface area contributed by atoms with Gasteiger partial charge in [-0.3, -0.25) is 0 Å². The van der Waals surface area contributed by atoms with Crippen LogP contribution in [0, 0.1) is 11.3 Å². The van der Waals surface area contributed by atoms with Crippen molar-refractivity contribution in [1.29, 1.82) is 5.26 Å². The molecule has 3 aromatic heterocycles. The maximum Gasteiger partial charge on any atom is 0.227 e. The number of pyridine rings is 1. The van der Waals surface area contributed by atoms with Gasteiger partial charge in [0.25, 0.3) is 0 Å². The number of hydrogen-bond acceptors (Lipinski definition) is 9. The van der Waals surface area contributed by atoms with E-state index in [-0.39, 0.29) is 0 Å². The Bertz CT molecular complexity index is 1380. The third-order valence-corrected chi connectivity index (χ3v) is 6.03. The Hall–Kier alpha value is -4.36. The molecule has 0 spiro atoms. The zero-order chi connectivity index (χ0) is 23.7. The number of anilines is 4. The standard InChI is InChI=1S/C24H25N9O/c1-31-7-9-32(10-8-31)21-12-22(34-2)19(11-18(21)26)29-24-27-14-16(13-25)23(30-24)17-15-28-33-6-4-3-5-20(17)33/h3-6,11-12,14-15H,7-10,26H2,1-2H3,(H,27,29,30). The predicted octanol–water partition coefficient (Wildman–Crippen LogP) is 2.75. The fraction of sp³-hybridized carbons (Fsp3) is 0.250. The predicted molar refractivity (Wildman–Crippen MR) is 131 cm³/mol. The molecule has 10 nitrogen and oxygen atoms in total. The van der Waals surface area contributed by atoms with Gasteiger partial charge in [-0.1, -0.05) is 6.07 Å². The van der Waals surface area contributed by atoms with Crippen molar-refractivity contribution in [1.82, 2.24) is 24.5 Å². The summed E-state index contributed by atoms with van der Waals surface area (Å²) in [6, 6.07) is 11.7. The molecule has 1 aromatic carbocycles. The molecular weight excluding hydrogens is 430 g/mol. The van der Waals surface area contributed by atoms with Crippen molar-refractivity contribution in [2.45, 2.75) is 0 Å². The minimum absolute atomic E-state index is 0.328. The Labute approximate surface area is 197 Å². The summed E-state index contributed by atoms with van der Waals surface area (Å²) in [5.41, 5.74) is 11.1. The van der Waals surface area contributed by atoms with Gasteiger partial charge in [0.05, 0.1) is 53.3 Å². The average molecular weight is 456 g/mol. The molecule has 4 aromatic rings. The molecule has 3 N–H and O–H groups in total. The Balaban J connectivity index is 1.49. The van der Waals surface area contributed by atoms with Crippen molar-refractivity contribution in [3.8, 4) is 23.1 Å². The summed E-state index contributed by atoms with van der Waals surface area (Å²) in [6.07, 6.45) is 5.05. The highest BCUT2D eigenvalue weighted by atomic mass is 16.5. The van der Waals surface area contributed by atoms with Gasteiger partial charge in [0.2, 0.25) is 5.95 Å². The zero-order valence-electron chi connectivity index (χ0n) is 19.1. The maximum absolute atomic E-state index is 9.64. The second-order valence-electron chi connectivity index (χ2n) is 8.18. The van der Waals surface area contributed by atoms with E-state index in [0.29, 0.717) is 34.3 Å². The first-order valence-corrected chi connectivity index (χ1v) is 11.0. The van der Waals surface area contributed by atoms with Crippen LogP contribution in [0.4, 0.5) is 23.0 Å². The smallest absolute Gasteiger partial charge is 0.227 e. The van der Waals surface area contributed by atoms with E-state index >= 15 is 0 Å². The van der Waals surface area contributed by atoms with Crippen molar-refractivity contribution in [2.75, 3.05) is 56.3 Å². The molecule has 0 amide bonds. The number of nitrogens with zero attached hydrogens (tertiary/aromatic N) is 7. The van der Waals surface area contributed by atoms with Crippen LogP contribution in [0.3, 0.4) is 0 Å². The molecular formula is C24H25N9O. The highest BCUT2D eigenvalue weighted by molar-refractivity contribution is 5.82. The molecule has 1 aliphatic heterocycles. The number of piperazine rings is 1. The van der Waals surface area contributed by atoms with E-state index in [2.05, 4.69) is 43.3 Å². The normalized spacial score (nSPS) is 14.2. The van der Waals surface area contributed by atoms with E-state index < -0.39 is 0 Å². The van der Waals surface area contributed by atoms with E-state index in [0.717, 1.165) is 42.9 Å². The number of nitrogens with two attached hydrogens (primary N) is 1. The molecule has 10 heteroatoms. The first-order valence-electron chi connectivity index (χ1n) is 11.0. The Morgan fingerprint density at radius 2 is 1.97 bits per heavy atom. The number of aromatic nitrogens is 4. The van der Waals surface area contributed by atoms with E-state index in [1.165, 1.54) is 6.20 Å². The second kappa shape index (κ2) is 8.88. The van der Waals surface area contributed by atoms with Crippen molar-refractivity contribution in [3.05, 3.63) is 54.5 Å². The van der Waals surface area contributed by atoms with Crippen LogP contribution in [0.1, 0.15) is 5.56 Å². The van der Waals surface area contributed by atoms with Gasteiger partial charge >= 0.3 is 0 Å². The highest BCUT2D eigenvalue weighted by Crippen LogP contribution is 2.37. The lowest BCUT2D eigenvalue weighted by molar-refractivity contribution is 0.313. The lowest BCUT2D eigenvalue weighted by Gasteiger charge is -2.35. The lowest BCUT2D eigenvalue weighted by atomic mass is 10.1. The molecule has 4 heterocycles. The van der Waals surface area contributed by atoms with E-state index in [4.69, 9.17) is 10.5 Å². The number of ether oxygens (including phenoxy) is 1. The van der Waals surface area contributed by atoms with E-state index in [9.17, 15) is 5.26 Å². The molecule has 0 unspecified atom stereocenters. The molecule has 0 saturated carbocycles. The largest absolute Gasteiger partial charge is 0.494 e. The SMILES string of the molecule is COc1cc(N2CCN(C)CC2)c(N)cc1Nc1ncc(C#N)c(-c2cnn3ccccc23)n1. The Morgan fingerprint density at radius 1 is 1.15 bits per heavy atom. The first kappa shape index (κ1) is 21.5. The number of nitriles is 1. The van der Waals surface area contributed by atoms with Crippen molar-refractivity contribution < 1.29 is 4.74 Å². The number of nitrogen functional groups attached to an aromatic ring is 1. The van der Waals surface area contributed by atoms with Gasteiger partial charge in [-0.15, -0.1) is 0 Å². The zero-order valence-corrected chi connectivity index (χ0v) is 19.1. The van der Waals surface area contributed by atoms with Crippen LogP contribution in [0.5, 0.6) is 5.75 Å². The van der Waals surface area contributed by atoms with Crippen LogP contribution >= 0.6 is 0 Å². The van der Waals surface area contributed by atoms with Gasteiger partial charge in [-0.25, -0.2) is 14.5 Å². The molecule has 5 rings (SSSR count). The van der Waals surface area contributed by atoms with Gasteiger partial charge in [-0.05, 0) is 25.2 Å². The quantitative estimate of drug-likeness (QED) is 0.438. The Kier molecular flexibility index (Phi) is 5.61. The highest BCUT2D eigenvalue weighted by Gasteiger charge is 2.20. The van der Waals surface area contributed by atoms with Gasteiger partial charge in [0.15, 0.2) is 0 Å². The van der Waals surface area contributed by atoms with Crippen LogP contribution < -0.4 is 20.7 Å². The van der Waals surface area contributed by atoms with Crippen LogP contribution in [0.25, 0.3) is 16.8 Å². The summed E-state index contributed by atoms with van der Waals surface area (Å²) < 4.78 is 7.40. The number of benzene rings is 1. The van der Waals surface area contributed by atoms with Gasteiger partial charge in [-0.2, -0.15) is 10.4 Å². The molecule has 1 fully saturated rings. The summed E-state index contributed by atoms with van der Waals surface area (Å²) in [6.45, 7) is 3.76. The van der Waals surface area contributed by atoms with Crippen molar-refractivity contribution in [3.63, 3.8) is 0 Å². The number of likely N-dealkylation sites (N-methyl/N-ethyl adjacent to an activating group) is 1. The van der Waals surface area contributed by atoms with E-state index in [1.54, 1.807) is 17.8 Å². The number of hydrogen-bond donors (Lipinski definition) is 2. The van der Waals surface area contributed by atoms with Crippen LogP contribution in [-0.4, -0.2) is 64.8 Å². The fourth-order valence-electron chi connectivity index (χ4n) is 4.14. The summed E-state index contributed by atoms with van der Waals surface area (Å²) in [7, 11) is 3.74. The van der Waals surface area contributed by atoms with Gasteiger partial charge in [0, 0.05) is 44.0 Å². The second-order valence-corrected chi connectivity index (χ2v) is 8.18. The third-order valence-electron chi connectivity index (χ3n) is 6.03. The van der Waals surface area contributed by atoms with Crippen LogP contribution in [0.15, 0.2) is 48.9 Å². The minimum atomic E-state index is 0.328. The minimum Gasteiger partial charge on any atom is -0.494 e. The summed E-state index contributed by atoms with van der Waals surface area (Å²) in [5.74, 6) is 0.961. The molecule has 0 radical (unpaired) electrons. The molecule has 0 aliphatic carbocycles. The molecule has 0 atom stereocenters. The third kappa shape index (κ3) is 3.93. The van der Waals surface area contributed by atoms with Gasteiger partial charge < -0.3 is 25.6 Å². The molecule has 1 aliphatic rings. The van der Waals surface area contributed by atoms with Crippen molar-refractivity contribution in [2.24, 2.45) is 0 Å². The van der Waals surface area contributed by atoms with Crippen LogP contribution in [0.2, 0.25) is 0 Å². The molecule has 34 heavy (non-hydrogen) atoms. The molecule has 172 valence electrons. The number of methoxy groups -OCH3 is 1. The Morgan fingerprint density at radius 3 is 2.74 bits per heavy atom. The molecule has 1 saturated heterocycles. The number of fused-ring (bicyclic) bond motifs is 1. The molecule has 0 bridgehead atoms. The maximum atomic E-state index is 9.64. The summed E-state index contributed by atoms with van der Waals surface area (Å²) in [5, 5.41) is 17.2. The first-order chi connectivity index (χ1) is 16.6. The number of rotatable bonds is 5. The van der Waals surface area contributed by atoms with Crippen LogP contribution in [-0.2, 0) is 0 Å². The number of nitrogens with one attached hydrogen (secondary N) is 1. The van der Waals surface area contributed by atoms with Crippen molar-refractivity contribution >= 4 is 28.5 Å². The summed E-state index contributed by atoms with van der Waals surface area (Å²) in [4.78, 5) is 13.5. The average Bonchev–Trinajstić information content (AvgIpc) is 3.29. The summed E-state index contributed by atoms with van der Waals surface area (Å²) >= 11 is 0. The monoisotopic (exact) mass is 455 g/mol. The topological polar surface area (TPSA) is 121 Å². The van der Waals surface area contributed by atoms with Gasteiger partial charge in [0.1, 0.15) is 11.8 Å². The fourth-order valence-corrected chi connectivity index (χ4v) is 4.14.